The Bertz CT molecular complexity index is 676. The fourth-order valence-electron chi connectivity index (χ4n) is 2.62. The first-order valence-corrected chi connectivity index (χ1v) is 9.20. The Balaban J connectivity index is 1.75. The van der Waals surface area contributed by atoms with Crippen LogP contribution in [-0.2, 0) is 12.0 Å². The van der Waals surface area contributed by atoms with E-state index >= 15 is 0 Å². The molecular weight excluding hydrogens is 324 g/mol. The van der Waals surface area contributed by atoms with Crippen LogP contribution in [0.2, 0.25) is 0 Å². The van der Waals surface area contributed by atoms with E-state index in [0.717, 1.165) is 11.3 Å². The Morgan fingerprint density at radius 1 is 1.04 bits per heavy atom. The van der Waals surface area contributed by atoms with Crippen molar-refractivity contribution in [3.8, 4) is 5.75 Å². The van der Waals surface area contributed by atoms with Gasteiger partial charge in [-0.25, -0.2) is 4.79 Å². The second-order valence-corrected chi connectivity index (χ2v) is 7.35. The van der Waals surface area contributed by atoms with Crippen LogP contribution >= 0.6 is 0 Å². The number of rotatable bonds is 7. The summed E-state index contributed by atoms with van der Waals surface area (Å²) in [7, 11) is 0. The molecule has 4 nitrogen and oxygen atoms in total. The van der Waals surface area contributed by atoms with Gasteiger partial charge in [-0.15, -0.1) is 0 Å². The van der Waals surface area contributed by atoms with E-state index in [4.69, 9.17) is 4.74 Å². The molecule has 0 atom stereocenters. The van der Waals surface area contributed by atoms with E-state index in [2.05, 4.69) is 38.2 Å². The van der Waals surface area contributed by atoms with E-state index in [9.17, 15) is 4.79 Å². The van der Waals surface area contributed by atoms with Crippen LogP contribution in [0.4, 0.5) is 4.79 Å². The Morgan fingerprint density at radius 3 is 2.27 bits per heavy atom. The SMILES string of the molecule is CCN(Cc1ccccc1)C(=O)NCCOc1ccc(C(C)(C)C)cc1. The lowest BCUT2D eigenvalue weighted by atomic mass is 9.87. The molecule has 0 heterocycles. The lowest BCUT2D eigenvalue weighted by Gasteiger charge is -2.21. The molecule has 0 spiro atoms. The molecule has 2 rings (SSSR count). The van der Waals surface area contributed by atoms with Crippen LogP contribution in [0.5, 0.6) is 5.75 Å². The first-order chi connectivity index (χ1) is 12.4. The smallest absolute Gasteiger partial charge is 0.317 e. The molecule has 0 aliphatic heterocycles. The molecule has 0 fully saturated rings. The first kappa shape index (κ1) is 19.8. The quantitative estimate of drug-likeness (QED) is 0.739. The highest BCUT2D eigenvalue weighted by Gasteiger charge is 2.13. The molecule has 0 aliphatic carbocycles. The van der Waals surface area contributed by atoms with Crippen LogP contribution in [0, 0.1) is 0 Å². The molecule has 0 radical (unpaired) electrons. The van der Waals surface area contributed by atoms with Crippen molar-refractivity contribution in [1.82, 2.24) is 10.2 Å². The average molecular weight is 354 g/mol. The van der Waals surface area contributed by atoms with Gasteiger partial charge in [0.1, 0.15) is 12.4 Å². The Hall–Kier alpha value is -2.49. The summed E-state index contributed by atoms with van der Waals surface area (Å²) in [4.78, 5) is 14.1. The van der Waals surface area contributed by atoms with Gasteiger partial charge in [0.05, 0.1) is 6.54 Å². The molecule has 0 aromatic heterocycles. The normalized spacial score (nSPS) is 11.1. The standard InChI is InChI=1S/C22H30N2O2/c1-5-24(17-18-9-7-6-8-10-18)21(25)23-15-16-26-20-13-11-19(12-14-20)22(2,3)4/h6-14H,5,15-17H2,1-4H3,(H,23,25). The van der Waals surface area contributed by atoms with Crippen molar-refractivity contribution in [2.75, 3.05) is 19.7 Å². The second-order valence-electron chi connectivity index (χ2n) is 7.35. The zero-order valence-corrected chi connectivity index (χ0v) is 16.3. The number of benzene rings is 2. The van der Waals surface area contributed by atoms with Crippen LogP contribution in [0.25, 0.3) is 0 Å². The summed E-state index contributed by atoms with van der Waals surface area (Å²) in [5.41, 5.74) is 2.53. The molecule has 1 N–H and O–H groups in total. The van der Waals surface area contributed by atoms with Gasteiger partial charge in [-0.1, -0.05) is 63.2 Å². The molecule has 26 heavy (non-hydrogen) atoms. The van der Waals surface area contributed by atoms with Gasteiger partial charge < -0.3 is 15.0 Å². The van der Waals surface area contributed by atoms with Gasteiger partial charge in [-0.2, -0.15) is 0 Å². The molecular formula is C22H30N2O2. The minimum atomic E-state index is -0.0666. The maximum absolute atomic E-state index is 12.3. The zero-order valence-electron chi connectivity index (χ0n) is 16.3. The van der Waals surface area contributed by atoms with Crippen LogP contribution in [0.1, 0.15) is 38.8 Å². The third kappa shape index (κ3) is 6.10. The van der Waals surface area contributed by atoms with E-state index in [-0.39, 0.29) is 11.4 Å². The molecule has 4 heteroatoms. The highest BCUT2D eigenvalue weighted by Crippen LogP contribution is 2.24. The number of urea groups is 1. The lowest BCUT2D eigenvalue weighted by Crippen LogP contribution is -2.41. The van der Waals surface area contributed by atoms with Crippen molar-refractivity contribution in [2.24, 2.45) is 0 Å². The van der Waals surface area contributed by atoms with Crippen molar-refractivity contribution in [2.45, 2.75) is 39.7 Å². The summed E-state index contributed by atoms with van der Waals surface area (Å²) in [5, 5.41) is 2.92. The van der Waals surface area contributed by atoms with Crippen molar-refractivity contribution in [3.63, 3.8) is 0 Å². The van der Waals surface area contributed by atoms with Crippen LogP contribution < -0.4 is 10.1 Å². The molecule has 0 aliphatic rings. The van der Waals surface area contributed by atoms with Gasteiger partial charge in [-0.3, -0.25) is 0 Å². The molecule has 2 aromatic rings. The van der Waals surface area contributed by atoms with Gasteiger partial charge in [0.15, 0.2) is 0 Å². The van der Waals surface area contributed by atoms with Gasteiger partial charge in [0, 0.05) is 13.1 Å². The molecule has 0 bridgehead atoms. The Morgan fingerprint density at radius 2 is 1.69 bits per heavy atom. The summed E-state index contributed by atoms with van der Waals surface area (Å²) in [5.74, 6) is 0.823. The number of hydrogen-bond donors (Lipinski definition) is 1. The summed E-state index contributed by atoms with van der Waals surface area (Å²) in [6.45, 7) is 10.7. The predicted octanol–water partition coefficient (Wildman–Crippen LogP) is 4.59. The van der Waals surface area contributed by atoms with E-state index in [1.807, 2.05) is 49.4 Å². The van der Waals surface area contributed by atoms with Crippen molar-refractivity contribution < 1.29 is 9.53 Å². The zero-order chi connectivity index (χ0) is 19.0. The second kappa shape index (κ2) is 9.27. The predicted molar refractivity (Wildman–Crippen MR) is 107 cm³/mol. The van der Waals surface area contributed by atoms with Crippen molar-refractivity contribution in [3.05, 3.63) is 65.7 Å². The number of hydrogen-bond acceptors (Lipinski definition) is 2. The maximum Gasteiger partial charge on any atom is 0.317 e. The maximum atomic E-state index is 12.3. The fourth-order valence-corrected chi connectivity index (χ4v) is 2.62. The van der Waals surface area contributed by atoms with E-state index in [0.29, 0.717) is 26.2 Å². The lowest BCUT2D eigenvalue weighted by molar-refractivity contribution is 0.195. The number of nitrogens with zero attached hydrogens (tertiary/aromatic N) is 1. The summed E-state index contributed by atoms with van der Waals surface area (Å²) >= 11 is 0. The highest BCUT2D eigenvalue weighted by molar-refractivity contribution is 5.74. The van der Waals surface area contributed by atoms with Crippen LogP contribution in [-0.4, -0.2) is 30.6 Å². The highest BCUT2D eigenvalue weighted by atomic mass is 16.5. The van der Waals surface area contributed by atoms with Gasteiger partial charge in [0.2, 0.25) is 0 Å². The number of amides is 2. The average Bonchev–Trinajstić information content (AvgIpc) is 2.63. The largest absolute Gasteiger partial charge is 0.492 e. The molecule has 140 valence electrons. The monoisotopic (exact) mass is 354 g/mol. The Labute approximate surface area is 157 Å². The third-order valence-electron chi connectivity index (χ3n) is 4.25. The van der Waals surface area contributed by atoms with E-state index < -0.39 is 0 Å². The van der Waals surface area contributed by atoms with Crippen molar-refractivity contribution >= 4 is 6.03 Å². The minimum Gasteiger partial charge on any atom is -0.492 e. The number of ether oxygens (including phenoxy) is 1. The van der Waals surface area contributed by atoms with Crippen LogP contribution in [0.15, 0.2) is 54.6 Å². The minimum absolute atomic E-state index is 0.0666. The van der Waals surface area contributed by atoms with Gasteiger partial charge >= 0.3 is 6.03 Å². The van der Waals surface area contributed by atoms with Crippen LogP contribution in [0.3, 0.4) is 0 Å². The Kier molecular flexibility index (Phi) is 7.07. The number of nitrogens with one attached hydrogen (secondary N) is 1. The van der Waals surface area contributed by atoms with Gasteiger partial charge in [-0.05, 0) is 35.6 Å². The summed E-state index contributed by atoms with van der Waals surface area (Å²) in [6.07, 6.45) is 0. The summed E-state index contributed by atoms with van der Waals surface area (Å²) < 4.78 is 5.72. The topological polar surface area (TPSA) is 41.6 Å². The first-order valence-electron chi connectivity index (χ1n) is 9.20. The van der Waals surface area contributed by atoms with Gasteiger partial charge in [0.25, 0.3) is 0 Å². The summed E-state index contributed by atoms with van der Waals surface area (Å²) in [6, 6.07) is 18.1. The molecule has 0 saturated heterocycles. The number of carbonyl (C=O) groups is 1. The molecule has 0 saturated carbocycles. The van der Waals surface area contributed by atoms with Crippen molar-refractivity contribution in [1.29, 1.82) is 0 Å². The third-order valence-corrected chi connectivity index (χ3v) is 4.25. The molecule has 2 aromatic carbocycles. The fraction of sp³-hybridized carbons (Fsp3) is 0.409. The molecule has 0 unspecified atom stereocenters. The number of carbonyl (C=O) groups excluding carboxylic acids is 1. The molecule has 2 amide bonds. The van der Waals surface area contributed by atoms with E-state index in [1.165, 1.54) is 5.56 Å². The van der Waals surface area contributed by atoms with E-state index in [1.54, 1.807) is 4.90 Å².